The van der Waals surface area contributed by atoms with E-state index in [0.717, 1.165) is 11.1 Å². The maximum Gasteiger partial charge on any atom is 0.341 e. The Balaban J connectivity index is 1.82. The van der Waals surface area contributed by atoms with E-state index in [1.807, 2.05) is 49.4 Å². The molecule has 0 aromatic heterocycles. The standard InChI is InChI=1S/C29H28ClFO5/c1-17(2)23-15-24(18-10-12-20(30)13-11-18)27(19-6-4-7-21(31)14-19)36-28(23)22-8-5-9-25(34-3)29(22)35-16-26(32)33/h4-14,23-24,27-28H,1,15-16H2,2-3H3,(H,32,33)/t23-,24-,27+,28-/m1/s1. The fraction of sp³-hybridized carbons (Fsp3) is 0.276. The third-order valence-electron chi connectivity index (χ3n) is 6.52. The average molecular weight is 511 g/mol. The largest absolute Gasteiger partial charge is 0.493 e. The number of halogens is 2. The highest BCUT2D eigenvalue weighted by molar-refractivity contribution is 6.30. The van der Waals surface area contributed by atoms with E-state index in [1.165, 1.54) is 19.2 Å². The lowest BCUT2D eigenvalue weighted by molar-refractivity contribution is -0.139. The van der Waals surface area contributed by atoms with Gasteiger partial charge in [-0.2, -0.15) is 0 Å². The normalized spacial score (nSPS) is 21.6. The number of methoxy groups -OCH3 is 1. The highest BCUT2D eigenvalue weighted by Crippen LogP contribution is 2.54. The summed E-state index contributed by atoms with van der Waals surface area (Å²) in [6.07, 6.45) is -0.350. The number of hydrogen-bond acceptors (Lipinski definition) is 4. The van der Waals surface area contributed by atoms with Gasteiger partial charge < -0.3 is 19.3 Å². The molecule has 3 aromatic rings. The number of carboxylic acid groups (broad SMARTS) is 1. The van der Waals surface area contributed by atoms with Crippen molar-refractivity contribution in [3.63, 3.8) is 0 Å². The molecule has 1 aliphatic rings. The fourth-order valence-corrected chi connectivity index (χ4v) is 4.97. The molecular weight excluding hydrogens is 483 g/mol. The summed E-state index contributed by atoms with van der Waals surface area (Å²) >= 11 is 6.14. The molecule has 0 bridgehead atoms. The van der Waals surface area contributed by atoms with Gasteiger partial charge in [-0.1, -0.05) is 60.2 Å². The number of ether oxygens (including phenoxy) is 3. The first-order valence-corrected chi connectivity index (χ1v) is 12.0. The molecule has 0 aliphatic carbocycles. The zero-order chi connectivity index (χ0) is 25.8. The van der Waals surface area contributed by atoms with Crippen molar-refractivity contribution in [3.8, 4) is 11.5 Å². The molecule has 0 spiro atoms. The summed E-state index contributed by atoms with van der Waals surface area (Å²) in [5.74, 6) is -0.975. The summed E-state index contributed by atoms with van der Waals surface area (Å²) in [6, 6.07) is 19.4. The maximum absolute atomic E-state index is 14.3. The molecule has 1 N–H and O–H groups in total. The predicted molar refractivity (Wildman–Crippen MR) is 136 cm³/mol. The average Bonchev–Trinajstić information content (AvgIpc) is 2.87. The van der Waals surface area contributed by atoms with E-state index in [9.17, 15) is 14.3 Å². The lowest BCUT2D eigenvalue weighted by Crippen LogP contribution is -2.32. The van der Waals surface area contributed by atoms with Crippen molar-refractivity contribution < 1.29 is 28.5 Å². The highest BCUT2D eigenvalue weighted by atomic mass is 35.5. The van der Waals surface area contributed by atoms with E-state index in [0.29, 0.717) is 34.1 Å². The molecule has 0 saturated carbocycles. The van der Waals surface area contributed by atoms with E-state index in [1.54, 1.807) is 12.1 Å². The van der Waals surface area contributed by atoms with Crippen molar-refractivity contribution in [1.82, 2.24) is 0 Å². The van der Waals surface area contributed by atoms with Crippen LogP contribution in [0.25, 0.3) is 0 Å². The van der Waals surface area contributed by atoms with Gasteiger partial charge in [0.2, 0.25) is 0 Å². The van der Waals surface area contributed by atoms with Gasteiger partial charge in [0, 0.05) is 22.4 Å². The van der Waals surface area contributed by atoms with E-state index >= 15 is 0 Å². The van der Waals surface area contributed by atoms with Crippen LogP contribution in [0.2, 0.25) is 5.02 Å². The molecule has 0 radical (unpaired) electrons. The van der Waals surface area contributed by atoms with Crippen molar-refractivity contribution in [1.29, 1.82) is 0 Å². The molecule has 3 aromatic carbocycles. The second-order valence-electron chi connectivity index (χ2n) is 8.94. The molecule has 36 heavy (non-hydrogen) atoms. The van der Waals surface area contributed by atoms with Gasteiger partial charge >= 0.3 is 5.97 Å². The van der Waals surface area contributed by atoms with Gasteiger partial charge in [0.25, 0.3) is 0 Å². The zero-order valence-corrected chi connectivity index (χ0v) is 20.9. The maximum atomic E-state index is 14.3. The van der Waals surface area contributed by atoms with Crippen LogP contribution in [0.4, 0.5) is 4.39 Å². The van der Waals surface area contributed by atoms with Crippen LogP contribution in [-0.2, 0) is 9.53 Å². The van der Waals surface area contributed by atoms with E-state index in [2.05, 4.69) is 6.58 Å². The molecule has 4 rings (SSSR count). The molecule has 0 amide bonds. The van der Waals surface area contributed by atoms with Crippen LogP contribution < -0.4 is 9.47 Å². The van der Waals surface area contributed by atoms with Crippen LogP contribution in [0.5, 0.6) is 11.5 Å². The lowest BCUT2D eigenvalue weighted by atomic mass is 9.74. The monoisotopic (exact) mass is 510 g/mol. The van der Waals surface area contributed by atoms with Gasteiger partial charge in [0.1, 0.15) is 5.82 Å². The van der Waals surface area contributed by atoms with Crippen LogP contribution in [0.1, 0.15) is 48.2 Å². The third-order valence-corrected chi connectivity index (χ3v) is 6.77. The van der Waals surface area contributed by atoms with E-state index in [4.69, 9.17) is 25.8 Å². The first-order chi connectivity index (χ1) is 17.3. The Morgan fingerprint density at radius 1 is 1.11 bits per heavy atom. The Morgan fingerprint density at radius 3 is 2.47 bits per heavy atom. The number of carboxylic acids is 1. The molecule has 188 valence electrons. The SMILES string of the molecule is C=C(C)[C@H]1C[C@H](c2ccc(Cl)cc2)[C@H](c2cccc(F)c2)O[C@@H]1c1cccc(OC)c1OCC(=O)O. The Labute approximate surface area is 215 Å². The highest BCUT2D eigenvalue weighted by Gasteiger charge is 2.42. The number of hydrogen-bond donors (Lipinski definition) is 1. The summed E-state index contributed by atoms with van der Waals surface area (Å²) in [6.45, 7) is 5.64. The molecule has 1 aliphatic heterocycles. The van der Waals surface area contributed by atoms with Gasteiger partial charge in [-0.05, 0) is 54.8 Å². The molecule has 1 saturated heterocycles. The van der Waals surface area contributed by atoms with Crippen molar-refractivity contribution in [3.05, 3.63) is 106 Å². The Kier molecular flexibility index (Phi) is 7.97. The van der Waals surface area contributed by atoms with Gasteiger partial charge in [0.05, 0.1) is 19.3 Å². The van der Waals surface area contributed by atoms with Crippen LogP contribution in [0.15, 0.2) is 78.9 Å². The summed E-state index contributed by atoms with van der Waals surface area (Å²) in [5.41, 5.74) is 3.28. The molecule has 4 atom stereocenters. The number of aliphatic carboxylic acids is 1. The second-order valence-corrected chi connectivity index (χ2v) is 9.38. The van der Waals surface area contributed by atoms with Crippen molar-refractivity contribution >= 4 is 17.6 Å². The summed E-state index contributed by atoms with van der Waals surface area (Å²) < 4.78 is 32.2. The van der Waals surface area contributed by atoms with Crippen LogP contribution in [0, 0.1) is 11.7 Å². The molecule has 1 heterocycles. The minimum atomic E-state index is -1.10. The summed E-state index contributed by atoms with van der Waals surface area (Å²) in [7, 11) is 1.50. The second kappa shape index (κ2) is 11.1. The first-order valence-electron chi connectivity index (χ1n) is 11.6. The van der Waals surface area contributed by atoms with Crippen molar-refractivity contribution in [2.24, 2.45) is 5.92 Å². The van der Waals surface area contributed by atoms with Gasteiger partial charge in [0.15, 0.2) is 18.1 Å². The smallest absolute Gasteiger partial charge is 0.341 e. The van der Waals surface area contributed by atoms with Crippen LogP contribution >= 0.6 is 11.6 Å². The quantitative estimate of drug-likeness (QED) is 0.326. The molecule has 0 unspecified atom stereocenters. The van der Waals surface area contributed by atoms with Crippen molar-refractivity contribution in [2.45, 2.75) is 31.5 Å². The Bertz CT molecular complexity index is 1240. The molecule has 1 fully saturated rings. The number of benzene rings is 3. The number of carbonyl (C=O) groups is 1. The van der Waals surface area contributed by atoms with Gasteiger partial charge in [-0.3, -0.25) is 0 Å². The number of para-hydroxylation sites is 1. The van der Waals surface area contributed by atoms with E-state index < -0.39 is 24.8 Å². The minimum Gasteiger partial charge on any atom is -0.493 e. The third kappa shape index (κ3) is 5.55. The fourth-order valence-electron chi connectivity index (χ4n) is 4.84. The summed E-state index contributed by atoms with van der Waals surface area (Å²) in [4.78, 5) is 11.3. The topological polar surface area (TPSA) is 65.0 Å². The van der Waals surface area contributed by atoms with Crippen LogP contribution in [0.3, 0.4) is 0 Å². The van der Waals surface area contributed by atoms with Crippen molar-refractivity contribution in [2.75, 3.05) is 13.7 Å². The predicted octanol–water partition coefficient (Wildman–Crippen LogP) is 7.13. The molecule has 7 heteroatoms. The van der Waals surface area contributed by atoms with Gasteiger partial charge in [-0.15, -0.1) is 0 Å². The zero-order valence-electron chi connectivity index (χ0n) is 20.1. The Hall–Kier alpha value is -3.35. The van der Waals surface area contributed by atoms with Gasteiger partial charge in [-0.25, -0.2) is 9.18 Å². The van der Waals surface area contributed by atoms with E-state index in [-0.39, 0.29) is 17.7 Å². The molecular formula is C29H28ClFO5. The minimum absolute atomic E-state index is 0.101. The first kappa shape index (κ1) is 25.7. The lowest BCUT2D eigenvalue weighted by Gasteiger charge is -2.43. The summed E-state index contributed by atoms with van der Waals surface area (Å²) in [5, 5.41) is 9.85. The number of rotatable bonds is 8. The Morgan fingerprint density at radius 2 is 1.83 bits per heavy atom. The molecule has 5 nitrogen and oxygen atoms in total. The van der Waals surface area contributed by atoms with Crippen LogP contribution in [-0.4, -0.2) is 24.8 Å².